The molecule has 8 heteroatoms. The summed E-state index contributed by atoms with van der Waals surface area (Å²) < 4.78 is 50.0. The van der Waals surface area contributed by atoms with Crippen molar-refractivity contribution in [3.8, 4) is 11.5 Å². The van der Waals surface area contributed by atoms with E-state index < -0.39 is 11.7 Å². The van der Waals surface area contributed by atoms with Crippen molar-refractivity contribution in [2.24, 2.45) is 0 Å². The number of ether oxygens (including phenoxy) is 2. The Balaban J connectivity index is 2.03. The molecule has 27 heavy (non-hydrogen) atoms. The monoisotopic (exact) mass is 377 g/mol. The van der Waals surface area contributed by atoms with Crippen LogP contribution >= 0.6 is 0 Å². The van der Waals surface area contributed by atoms with E-state index in [1.807, 2.05) is 13.8 Å². The molecule has 0 aliphatic heterocycles. The van der Waals surface area contributed by atoms with Gasteiger partial charge in [-0.3, -0.25) is 0 Å². The summed E-state index contributed by atoms with van der Waals surface area (Å²) in [6.07, 6.45) is -3.08. The van der Waals surface area contributed by atoms with Crippen LogP contribution in [0.25, 0.3) is 10.9 Å². The third-order valence-electron chi connectivity index (χ3n) is 3.75. The highest BCUT2D eigenvalue weighted by Gasteiger charge is 2.30. The van der Waals surface area contributed by atoms with E-state index in [9.17, 15) is 13.2 Å². The number of halogens is 3. The van der Waals surface area contributed by atoms with Crippen molar-refractivity contribution in [2.75, 3.05) is 18.5 Å². The molecule has 0 spiro atoms. The van der Waals surface area contributed by atoms with E-state index in [-0.39, 0.29) is 5.69 Å². The van der Waals surface area contributed by atoms with Crippen LogP contribution in [0.4, 0.5) is 24.7 Å². The molecular formula is C19H18F3N3O2. The summed E-state index contributed by atoms with van der Waals surface area (Å²) >= 11 is 0. The maximum Gasteiger partial charge on any atom is 0.416 e. The Morgan fingerprint density at radius 1 is 0.963 bits per heavy atom. The summed E-state index contributed by atoms with van der Waals surface area (Å²) in [7, 11) is 0. The van der Waals surface area contributed by atoms with Crippen molar-refractivity contribution >= 4 is 22.4 Å². The Bertz CT molecular complexity index is 945. The average molecular weight is 377 g/mol. The second-order valence-electron chi connectivity index (χ2n) is 5.61. The lowest BCUT2D eigenvalue weighted by atomic mass is 10.1. The quantitative estimate of drug-likeness (QED) is 0.641. The number of nitrogens with zero attached hydrogens (tertiary/aromatic N) is 2. The fourth-order valence-electron chi connectivity index (χ4n) is 2.61. The van der Waals surface area contributed by atoms with E-state index in [1.165, 1.54) is 12.4 Å². The minimum Gasteiger partial charge on any atom is -0.490 e. The average Bonchev–Trinajstić information content (AvgIpc) is 2.63. The fraction of sp³-hybridized carbons (Fsp3) is 0.263. The number of anilines is 2. The van der Waals surface area contributed by atoms with Crippen LogP contribution in [0.5, 0.6) is 11.5 Å². The van der Waals surface area contributed by atoms with Gasteiger partial charge in [0.05, 0.1) is 24.3 Å². The molecule has 0 fully saturated rings. The molecule has 3 aromatic rings. The highest BCUT2D eigenvalue weighted by Crippen LogP contribution is 2.36. The molecule has 0 saturated heterocycles. The molecule has 0 aliphatic carbocycles. The predicted molar refractivity (Wildman–Crippen MR) is 96.6 cm³/mol. The van der Waals surface area contributed by atoms with Gasteiger partial charge in [0, 0.05) is 17.1 Å². The zero-order chi connectivity index (χ0) is 19.4. The smallest absolute Gasteiger partial charge is 0.416 e. The van der Waals surface area contributed by atoms with Gasteiger partial charge in [-0.05, 0) is 38.1 Å². The maximum atomic E-state index is 12.9. The van der Waals surface area contributed by atoms with Crippen LogP contribution in [0.15, 0.2) is 42.7 Å². The van der Waals surface area contributed by atoms with Crippen molar-refractivity contribution in [2.45, 2.75) is 20.0 Å². The fourth-order valence-corrected chi connectivity index (χ4v) is 2.61. The number of aromatic nitrogens is 2. The first kappa shape index (κ1) is 18.8. The van der Waals surface area contributed by atoms with Crippen molar-refractivity contribution < 1.29 is 22.6 Å². The Morgan fingerprint density at radius 2 is 1.67 bits per heavy atom. The number of rotatable bonds is 6. The number of hydrogen-bond acceptors (Lipinski definition) is 5. The maximum absolute atomic E-state index is 12.9. The minimum absolute atomic E-state index is 0.275. The molecule has 0 bridgehead atoms. The van der Waals surface area contributed by atoms with Gasteiger partial charge in [-0.1, -0.05) is 6.07 Å². The Hall–Kier alpha value is -3.03. The topological polar surface area (TPSA) is 56.3 Å². The third kappa shape index (κ3) is 4.21. The van der Waals surface area contributed by atoms with Gasteiger partial charge < -0.3 is 14.8 Å². The number of alkyl halides is 3. The summed E-state index contributed by atoms with van der Waals surface area (Å²) in [5.74, 6) is 1.45. The second kappa shape index (κ2) is 7.69. The van der Waals surface area contributed by atoms with Gasteiger partial charge in [0.15, 0.2) is 11.5 Å². The molecule has 0 aliphatic rings. The van der Waals surface area contributed by atoms with E-state index in [0.717, 1.165) is 12.1 Å². The van der Waals surface area contributed by atoms with Gasteiger partial charge in [-0.15, -0.1) is 0 Å². The molecule has 1 aromatic heterocycles. The van der Waals surface area contributed by atoms with E-state index in [2.05, 4.69) is 15.3 Å². The Labute approximate surface area is 154 Å². The zero-order valence-electron chi connectivity index (χ0n) is 14.8. The summed E-state index contributed by atoms with van der Waals surface area (Å²) in [4.78, 5) is 8.39. The van der Waals surface area contributed by atoms with Gasteiger partial charge >= 0.3 is 6.18 Å². The normalized spacial score (nSPS) is 11.4. The van der Waals surface area contributed by atoms with Crippen LogP contribution in [0.2, 0.25) is 0 Å². The number of hydrogen-bond donors (Lipinski definition) is 1. The van der Waals surface area contributed by atoms with Crippen molar-refractivity contribution in [3.05, 3.63) is 48.3 Å². The highest BCUT2D eigenvalue weighted by molar-refractivity contribution is 5.93. The van der Waals surface area contributed by atoms with E-state index >= 15 is 0 Å². The second-order valence-corrected chi connectivity index (χ2v) is 5.61. The number of fused-ring (bicyclic) bond motifs is 1. The molecule has 1 heterocycles. The first-order valence-corrected chi connectivity index (χ1v) is 8.41. The first-order valence-electron chi connectivity index (χ1n) is 8.41. The van der Waals surface area contributed by atoms with Crippen LogP contribution in [0.1, 0.15) is 19.4 Å². The van der Waals surface area contributed by atoms with Crippen LogP contribution < -0.4 is 14.8 Å². The lowest BCUT2D eigenvalue weighted by Gasteiger charge is -2.14. The van der Waals surface area contributed by atoms with Gasteiger partial charge in [0.2, 0.25) is 0 Å². The molecule has 0 amide bonds. The molecule has 1 N–H and O–H groups in total. The lowest BCUT2D eigenvalue weighted by Crippen LogP contribution is -2.05. The molecule has 3 rings (SSSR count). The Kier molecular flexibility index (Phi) is 5.34. The van der Waals surface area contributed by atoms with E-state index in [1.54, 1.807) is 18.2 Å². The third-order valence-corrected chi connectivity index (χ3v) is 3.75. The molecule has 0 atom stereocenters. The van der Waals surface area contributed by atoms with Gasteiger partial charge in [-0.25, -0.2) is 9.97 Å². The molecule has 5 nitrogen and oxygen atoms in total. The van der Waals surface area contributed by atoms with Crippen LogP contribution in [0.3, 0.4) is 0 Å². The van der Waals surface area contributed by atoms with Crippen LogP contribution in [0, 0.1) is 0 Å². The predicted octanol–water partition coefficient (Wildman–Crippen LogP) is 5.19. The molecule has 0 radical (unpaired) electrons. The molecule has 0 unspecified atom stereocenters. The van der Waals surface area contributed by atoms with Gasteiger partial charge in [-0.2, -0.15) is 13.2 Å². The van der Waals surface area contributed by atoms with Gasteiger partial charge in [0.25, 0.3) is 0 Å². The highest BCUT2D eigenvalue weighted by atomic mass is 19.4. The SMILES string of the molecule is CCOc1cc2ncnc(Nc3cccc(C(F)(F)F)c3)c2cc1OCC. The largest absolute Gasteiger partial charge is 0.490 e. The van der Waals surface area contributed by atoms with E-state index in [0.29, 0.717) is 41.4 Å². The summed E-state index contributed by atoms with van der Waals surface area (Å²) in [5.41, 5.74) is 0.127. The number of benzene rings is 2. The standard InChI is InChI=1S/C19H18F3N3O2/c1-3-26-16-9-14-15(10-17(16)27-4-2)23-11-24-18(14)25-13-7-5-6-12(8-13)19(20,21)22/h5-11H,3-4H2,1-2H3,(H,23,24,25). The summed E-state index contributed by atoms with van der Waals surface area (Å²) in [6.45, 7) is 4.62. The molecule has 142 valence electrons. The molecule has 0 saturated carbocycles. The molecular weight excluding hydrogens is 359 g/mol. The van der Waals surface area contributed by atoms with Crippen LogP contribution in [-0.4, -0.2) is 23.2 Å². The van der Waals surface area contributed by atoms with E-state index in [4.69, 9.17) is 9.47 Å². The number of nitrogens with one attached hydrogen (secondary N) is 1. The lowest BCUT2D eigenvalue weighted by molar-refractivity contribution is -0.137. The van der Waals surface area contributed by atoms with Crippen molar-refractivity contribution in [1.29, 1.82) is 0 Å². The zero-order valence-corrected chi connectivity index (χ0v) is 14.8. The summed E-state index contributed by atoms with van der Waals surface area (Å²) in [5, 5.41) is 3.55. The molecule has 2 aromatic carbocycles. The minimum atomic E-state index is -4.42. The van der Waals surface area contributed by atoms with Gasteiger partial charge in [0.1, 0.15) is 12.1 Å². The Morgan fingerprint density at radius 3 is 2.33 bits per heavy atom. The summed E-state index contributed by atoms with van der Waals surface area (Å²) in [6, 6.07) is 8.38. The first-order chi connectivity index (χ1) is 12.9. The van der Waals surface area contributed by atoms with Crippen molar-refractivity contribution in [3.63, 3.8) is 0 Å². The van der Waals surface area contributed by atoms with Crippen molar-refractivity contribution in [1.82, 2.24) is 9.97 Å². The van der Waals surface area contributed by atoms with Crippen LogP contribution in [-0.2, 0) is 6.18 Å².